The second kappa shape index (κ2) is 5.52. The largest absolute Gasteiger partial charge is 0.497 e. The molecule has 5 nitrogen and oxygen atoms in total. The van der Waals surface area contributed by atoms with Gasteiger partial charge in [-0.05, 0) is 35.4 Å². The molecule has 0 saturated heterocycles. The first kappa shape index (κ1) is 14.1. The quantitative estimate of drug-likeness (QED) is 0.737. The molecule has 0 spiro atoms. The van der Waals surface area contributed by atoms with Gasteiger partial charge in [-0.15, -0.1) is 4.91 Å². The molecule has 0 atom stereocenters. The Bertz CT molecular complexity index is 835. The molecule has 1 N–H and O–H groups in total. The Morgan fingerprint density at radius 2 is 1.91 bits per heavy atom. The summed E-state index contributed by atoms with van der Waals surface area (Å²) in [4.78, 5) is 11.1. The molecule has 0 aliphatic carbocycles. The first-order valence-electron chi connectivity index (χ1n) is 6.92. The van der Waals surface area contributed by atoms with Crippen molar-refractivity contribution in [2.24, 2.45) is 5.18 Å². The average molecular weight is 296 g/mol. The van der Waals surface area contributed by atoms with Crippen LogP contribution in [0.3, 0.4) is 0 Å². The molecule has 2 aromatic carbocycles. The molecule has 0 amide bonds. The van der Waals surface area contributed by atoms with Crippen molar-refractivity contribution in [2.45, 2.75) is 13.5 Å². The number of rotatable bonds is 4. The number of benzene rings is 2. The summed E-state index contributed by atoms with van der Waals surface area (Å²) in [5.74, 6) is 0.673. The highest BCUT2D eigenvalue weighted by Crippen LogP contribution is 2.40. The number of hydrogen-bond acceptors (Lipinski definition) is 4. The van der Waals surface area contributed by atoms with E-state index >= 15 is 0 Å². The Balaban J connectivity index is 2.13. The summed E-state index contributed by atoms with van der Waals surface area (Å²) < 4.78 is 6.85. The molecule has 1 aromatic heterocycles. The lowest BCUT2D eigenvalue weighted by Crippen LogP contribution is -2.00. The van der Waals surface area contributed by atoms with Gasteiger partial charge in [0.05, 0.1) is 19.2 Å². The van der Waals surface area contributed by atoms with Crippen molar-refractivity contribution in [3.05, 3.63) is 58.5 Å². The minimum absolute atomic E-state index is 0.0900. The van der Waals surface area contributed by atoms with Crippen molar-refractivity contribution in [3.63, 3.8) is 0 Å². The van der Waals surface area contributed by atoms with Crippen LogP contribution < -0.4 is 4.74 Å². The Hall–Kier alpha value is -2.82. The number of para-hydroxylation sites is 1. The molecule has 3 aromatic rings. The van der Waals surface area contributed by atoms with E-state index in [1.54, 1.807) is 17.7 Å². The maximum absolute atomic E-state index is 11.1. The highest BCUT2D eigenvalue weighted by molar-refractivity contribution is 5.96. The molecule has 0 aliphatic rings. The van der Waals surface area contributed by atoms with Gasteiger partial charge in [-0.1, -0.05) is 30.3 Å². The lowest BCUT2D eigenvalue weighted by molar-refractivity contribution is 0.414. The minimum atomic E-state index is -0.102. The lowest BCUT2D eigenvalue weighted by atomic mass is 10.1. The van der Waals surface area contributed by atoms with Gasteiger partial charge in [-0.25, -0.2) is 0 Å². The van der Waals surface area contributed by atoms with E-state index in [0.29, 0.717) is 11.9 Å². The molecule has 1 heterocycles. The van der Waals surface area contributed by atoms with Gasteiger partial charge in [0.2, 0.25) is 5.88 Å². The van der Waals surface area contributed by atoms with Gasteiger partial charge in [0, 0.05) is 5.39 Å². The molecule has 0 aliphatic heterocycles. The second-order valence-electron chi connectivity index (χ2n) is 5.17. The van der Waals surface area contributed by atoms with Crippen molar-refractivity contribution >= 4 is 16.6 Å². The molecule has 5 heteroatoms. The normalized spacial score (nSPS) is 10.8. The highest BCUT2D eigenvalue weighted by Gasteiger charge is 2.18. The van der Waals surface area contributed by atoms with E-state index < -0.39 is 0 Å². The fraction of sp³-hybridized carbons (Fsp3) is 0.176. The van der Waals surface area contributed by atoms with Crippen LogP contribution in [0.1, 0.15) is 11.1 Å². The molecule has 0 fully saturated rings. The number of nitrogens with zero attached hydrogens (tertiary/aromatic N) is 2. The van der Waals surface area contributed by atoms with Crippen LogP contribution in [0.15, 0.2) is 47.6 Å². The Labute approximate surface area is 127 Å². The van der Waals surface area contributed by atoms with Gasteiger partial charge in [0.15, 0.2) is 5.69 Å². The van der Waals surface area contributed by atoms with Gasteiger partial charge < -0.3 is 14.4 Å². The second-order valence-corrected chi connectivity index (χ2v) is 5.17. The standard InChI is InChI=1S/C17H16N2O3/c1-11-4-3-5-14-15(18-21)17(20)19(16(11)14)10-12-6-8-13(22-2)9-7-12/h3-9,20H,10H2,1-2H3. The summed E-state index contributed by atoms with van der Waals surface area (Å²) in [5, 5.41) is 14.0. The zero-order valence-corrected chi connectivity index (χ0v) is 12.4. The van der Waals surface area contributed by atoms with Crippen molar-refractivity contribution in [1.82, 2.24) is 4.57 Å². The predicted octanol–water partition coefficient (Wildman–Crippen LogP) is 4.11. The monoisotopic (exact) mass is 296 g/mol. The highest BCUT2D eigenvalue weighted by atomic mass is 16.5. The topological polar surface area (TPSA) is 63.8 Å². The Morgan fingerprint density at radius 3 is 2.55 bits per heavy atom. The molecule has 0 unspecified atom stereocenters. The van der Waals surface area contributed by atoms with Crippen molar-refractivity contribution < 1.29 is 9.84 Å². The first-order chi connectivity index (χ1) is 10.7. The minimum Gasteiger partial charge on any atom is -0.497 e. The summed E-state index contributed by atoms with van der Waals surface area (Å²) >= 11 is 0. The summed E-state index contributed by atoms with van der Waals surface area (Å²) in [6, 6.07) is 13.2. The van der Waals surface area contributed by atoms with E-state index in [4.69, 9.17) is 4.74 Å². The molecule has 112 valence electrons. The van der Waals surface area contributed by atoms with Crippen LogP contribution in [0.5, 0.6) is 11.6 Å². The van der Waals surface area contributed by atoms with E-state index in [9.17, 15) is 10.0 Å². The van der Waals surface area contributed by atoms with Crippen LogP contribution in [0, 0.1) is 11.8 Å². The number of ether oxygens (including phenoxy) is 1. The van der Waals surface area contributed by atoms with Gasteiger partial charge >= 0.3 is 0 Å². The van der Waals surface area contributed by atoms with Crippen molar-refractivity contribution in [3.8, 4) is 11.6 Å². The van der Waals surface area contributed by atoms with Gasteiger partial charge in [0.25, 0.3) is 0 Å². The number of aryl methyl sites for hydroxylation is 1. The summed E-state index contributed by atoms with van der Waals surface area (Å²) in [7, 11) is 1.62. The van der Waals surface area contributed by atoms with Gasteiger partial charge in [-0.3, -0.25) is 0 Å². The van der Waals surface area contributed by atoms with Crippen LogP contribution in [0.4, 0.5) is 5.69 Å². The van der Waals surface area contributed by atoms with Crippen LogP contribution in [-0.2, 0) is 6.54 Å². The zero-order valence-electron chi connectivity index (χ0n) is 12.4. The number of aromatic hydroxyl groups is 1. The number of nitroso groups, excluding NO2 is 1. The summed E-state index contributed by atoms with van der Waals surface area (Å²) in [6.07, 6.45) is 0. The third-order valence-electron chi connectivity index (χ3n) is 3.82. The Kier molecular flexibility index (Phi) is 3.55. The van der Waals surface area contributed by atoms with E-state index in [2.05, 4.69) is 5.18 Å². The number of fused-ring (bicyclic) bond motifs is 1. The molecule has 22 heavy (non-hydrogen) atoms. The predicted molar refractivity (Wildman–Crippen MR) is 85.9 cm³/mol. The molecule has 0 saturated carbocycles. The number of aromatic nitrogens is 1. The van der Waals surface area contributed by atoms with Gasteiger partial charge in [-0.2, -0.15) is 0 Å². The lowest BCUT2D eigenvalue weighted by Gasteiger charge is -2.09. The van der Waals surface area contributed by atoms with E-state index in [1.165, 1.54) is 0 Å². The van der Waals surface area contributed by atoms with Crippen LogP contribution in [-0.4, -0.2) is 16.8 Å². The average Bonchev–Trinajstić information content (AvgIpc) is 2.81. The van der Waals surface area contributed by atoms with E-state index in [-0.39, 0.29) is 11.6 Å². The fourth-order valence-corrected chi connectivity index (χ4v) is 2.72. The van der Waals surface area contributed by atoms with Crippen LogP contribution in [0.2, 0.25) is 0 Å². The Morgan fingerprint density at radius 1 is 1.18 bits per heavy atom. The summed E-state index contributed by atoms with van der Waals surface area (Å²) in [6.45, 7) is 2.40. The fourth-order valence-electron chi connectivity index (χ4n) is 2.72. The molecule has 0 radical (unpaired) electrons. The molecule has 3 rings (SSSR count). The van der Waals surface area contributed by atoms with E-state index in [0.717, 1.165) is 22.4 Å². The smallest absolute Gasteiger partial charge is 0.222 e. The van der Waals surface area contributed by atoms with Crippen LogP contribution in [0.25, 0.3) is 10.9 Å². The van der Waals surface area contributed by atoms with Gasteiger partial charge in [0.1, 0.15) is 5.75 Å². The molecule has 0 bridgehead atoms. The number of methoxy groups -OCH3 is 1. The maximum atomic E-state index is 11.1. The number of hydrogen-bond donors (Lipinski definition) is 1. The SMILES string of the molecule is COc1ccc(Cn2c(O)c(N=O)c3cccc(C)c32)cc1. The zero-order chi connectivity index (χ0) is 15.7. The summed E-state index contributed by atoms with van der Waals surface area (Å²) in [5.41, 5.74) is 2.89. The molecular weight excluding hydrogens is 280 g/mol. The van der Waals surface area contributed by atoms with E-state index in [1.807, 2.05) is 43.3 Å². The van der Waals surface area contributed by atoms with Crippen molar-refractivity contribution in [1.29, 1.82) is 0 Å². The molecular formula is C17H16N2O3. The van der Waals surface area contributed by atoms with Crippen molar-refractivity contribution in [2.75, 3.05) is 7.11 Å². The maximum Gasteiger partial charge on any atom is 0.222 e. The third-order valence-corrected chi connectivity index (χ3v) is 3.82. The third kappa shape index (κ3) is 2.20. The first-order valence-corrected chi connectivity index (χ1v) is 6.92. The van der Waals surface area contributed by atoms with Crippen LogP contribution >= 0.6 is 0 Å².